The predicted octanol–water partition coefficient (Wildman–Crippen LogP) is 2.62. The van der Waals surface area contributed by atoms with Gasteiger partial charge in [0.15, 0.2) is 0 Å². The molecule has 11 heavy (non-hydrogen) atoms. The van der Waals surface area contributed by atoms with Crippen LogP contribution < -0.4 is 0 Å². The molecule has 0 aromatic carbocycles. The molecule has 62 valence electrons. The Kier molecular flexibility index (Phi) is 4.70. The molecule has 0 saturated carbocycles. The topological polar surface area (TPSA) is 32.6 Å². The predicted molar refractivity (Wildman–Crippen MR) is 51.4 cm³/mol. The summed E-state index contributed by atoms with van der Waals surface area (Å²) >= 11 is 4.11. The summed E-state index contributed by atoms with van der Waals surface area (Å²) in [5.41, 5.74) is 1.70. The molecular weight excluding hydrogens is 158 g/mol. The van der Waals surface area contributed by atoms with E-state index in [1.165, 1.54) is 5.57 Å². The summed E-state index contributed by atoms with van der Waals surface area (Å²) in [4.78, 5) is 0.675. The Morgan fingerprint density at radius 2 is 1.82 bits per heavy atom. The van der Waals surface area contributed by atoms with Crippen molar-refractivity contribution in [2.24, 2.45) is 5.16 Å². The van der Waals surface area contributed by atoms with Crippen LogP contribution in [0.15, 0.2) is 27.8 Å². The van der Waals surface area contributed by atoms with E-state index < -0.39 is 0 Å². The minimum absolute atomic E-state index is 0.519. The molecular formula is C8H13NOS. The van der Waals surface area contributed by atoms with Crippen LogP contribution in [0.2, 0.25) is 0 Å². The van der Waals surface area contributed by atoms with Gasteiger partial charge in [0, 0.05) is 4.91 Å². The molecule has 1 N–H and O–H groups in total. The number of allylic oxidation sites excluding steroid dienone is 4. The van der Waals surface area contributed by atoms with Crippen molar-refractivity contribution in [3.05, 3.63) is 22.6 Å². The van der Waals surface area contributed by atoms with E-state index in [4.69, 9.17) is 5.21 Å². The van der Waals surface area contributed by atoms with E-state index in [-0.39, 0.29) is 0 Å². The molecule has 0 aliphatic heterocycles. The summed E-state index contributed by atoms with van der Waals surface area (Å²) in [6.07, 6.45) is 3.71. The Balaban J connectivity index is 4.36. The van der Waals surface area contributed by atoms with E-state index in [0.29, 0.717) is 10.6 Å². The summed E-state index contributed by atoms with van der Waals surface area (Å²) < 4.78 is 0. The van der Waals surface area contributed by atoms with Crippen LogP contribution >= 0.6 is 12.6 Å². The molecule has 0 aliphatic carbocycles. The van der Waals surface area contributed by atoms with Gasteiger partial charge >= 0.3 is 0 Å². The molecule has 0 aliphatic rings. The number of hydrogen-bond acceptors (Lipinski definition) is 3. The Morgan fingerprint density at radius 1 is 1.27 bits per heavy atom. The third-order valence-corrected chi connectivity index (χ3v) is 1.57. The first-order chi connectivity index (χ1) is 5.07. The van der Waals surface area contributed by atoms with Gasteiger partial charge in [0.1, 0.15) is 0 Å². The van der Waals surface area contributed by atoms with E-state index in [0.717, 1.165) is 0 Å². The van der Waals surface area contributed by atoms with E-state index >= 15 is 0 Å². The van der Waals surface area contributed by atoms with Gasteiger partial charge in [-0.05, 0) is 26.8 Å². The molecule has 3 heteroatoms. The van der Waals surface area contributed by atoms with Crippen LogP contribution in [0.3, 0.4) is 0 Å². The second kappa shape index (κ2) is 5.02. The quantitative estimate of drug-likeness (QED) is 0.216. The highest BCUT2D eigenvalue weighted by Gasteiger charge is 1.92. The molecule has 0 fully saturated rings. The number of oxime groups is 1. The van der Waals surface area contributed by atoms with Gasteiger partial charge in [-0.25, -0.2) is 0 Å². The minimum atomic E-state index is 0.519. The van der Waals surface area contributed by atoms with Crippen LogP contribution in [0.4, 0.5) is 0 Å². The first kappa shape index (κ1) is 10.3. The zero-order valence-corrected chi connectivity index (χ0v) is 7.89. The second-order valence-electron chi connectivity index (χ2n) is 2.48. The third-order valence-electron chi connectivity index (χ3n) is 1.10. The molecule has 0 spiro atoms. The van der Waals surface area contributed by atoms with Crippen molar-refractivity contribution in [2.75, 3.05) is 0 Å². The lowest BCUT2D eigenvalue weighted by molar-refractivity contribution is 0.319. The van der Waals surface area contributed by atoms with Gasteiger partial charge in [-0.15, -0.1) is 12.6 Å². The molecule has 2 nitrogen and oxygen atoms in total. The molecule has 0 aromatic heterocycles. The fourth-order valence-corrected chi connectivity index (χ4v) is 0.537. The van der Waals surface area contributed by atoms with Crippen LogP contribution in [0.5, 0.6) is 0 Å². The van der Waals surface area contributed by atoms with Crippen molar-refractivity contribution in [2.45, 2.75) is 20.8 Å². The Labute approximate surface area is 72.7 Å². The lowest BCUT2D eigenvalue weighted by atomic mass is 10.3. The number of hydrogen-bond donors (Lipinski definition) is 2. The maximum absolute atomic E-state index is 8.35. The van der Waals surface area contributed by atoms with Gasteiger partial charge < -0.3 is 5.21 Å². The molecule has 0 radical (unpaired) electrons. The minimum Gasteiger partial charge on any atom is -0.411 e. The maximum Gasteiger partial charge on any atom is 0.0897 e. The summed E-state index contributed by atoms with van der Waals surface area (Å²) in [7, 11) is 0. The Bertz CT molecular complexity index is 212. The summed E-state index contributed by atoms with van der Waals surface area (Å²) in [5, 5.41) is 11.4. The number of rotatable bonds is 2. The fraction of sp³-hybridized carbons (Fsp3) is 0.375. The van der Waals surface area contributed by atoms with Gasteiger partial charge in [-0.1, -0.05) is 16.8 Å². The SMILES string of the molecule is CC(C)=C/C=C(S)/C(C)=N\O. The van der Waals surface area contributed by atoms with Crippen LogP contribution in [-0.4, -0.2) is 10.9 Å². The molecule has 0 unspecified atom stereocenters. The molecule has 0 rings (SSSR count). The van der Waals surface area contributed by atoms with Crippen molar-refractivity contribution < 1.29 is 5.21 Å². The highest BCUT2D eigenvalue weighted by molar-refractivity contribution is 7.85. The average molecular weight is 171 g/mol. The first-order valence-corrected chi connectivity index (χ1v) is 3.76. The molecule has 0 amide bonds. The van der Waals surface area contributed by atoms with Gasteiger partial charge in [0.2, 0.25) is 0 Å². The zero-order valence-electron chi connectivity index (χ0n) is 7.00. The summed E-state index contributed by atoms with van der Waals surface area (Å²) in [6.45, 7) is 5.67. The van der Waals surface area contributed by atoms with E-state index in [1.807, 2.05) is 19.9 Å². The van der Waals surface area contributed by atoms with E-state index in [2.05, 4.69) is 17.8 Å². The van der Waals surface area contributed by atoms with Gasteiger partial charge in [0.25, 0.3) is 0 Å². The van der Waals surface area contributed by atoms with Crippen molar-refractivity contribution in [1.82, 2.24) is 0 Å². The first-order valence-electron chi connectivity index (χ1n) is 3.31. The summed E-state index contributed by atoms with van der Waals surface area (Å²) in [5.74, 6) is 0. The summed E-state index contributed by atoms with van der Waals surface area (Å²) in [6, 6.07) is 0. The number of thiol groups is 1. The van der Waals surface area contributed by atoms with Crippen LogP contribution in [0, 0.1) is 0 Å². The van der Waals surface area contributed by atoms with Gasteiger partial charge in [0.05, 0.1) is 5.71 Å². The molecule has 0 atom stereocenters. The van der Waals surface area contributed by atoms with Crippen molar-refractivity contribution in [1.29, 1.82) is 0 Å². The Morgan fingerprint density at radius 3 is 2.18 bits per heavy atom. The van der Waals surface area contributed by atoms with E-state index in [9.17, 15) is 0 Å². The number of nitrogens with zero attached hydrogens (tertiary/aromatic N) is 1. The average Bonchev–Trinajstić information content (AvgIpc) is 1.98. The van der Waals surface area contributed by atoms with Crippen molar-refractivity contribution in [3.8, 4) is 0 Å². The van der Waals surface area contributed by atoms with Gasteiger partial charge in [-0.3, -0.25) is 0 Å². The second-order valence-corrected chi connectivity index (χ2v) is 2.96. The van der Waals surface area contributed by atoms with Gasteiger partial charge in [-0.2, -0.15) is 0 Å². The van der Waals surface area contributed by atoms with Crippen LogP contribution in [-0.2, 0) is 0 Å². The van der Waals surface area contributed by atoms with Crippen LogP contribution in [0.1, 0.15) is 20.8 Å². The third kappa shape index (κ3) is 4.67. The lowest BCUT2D eigenvalue weighted by Gasteiger charge is -1.93. The monoisotopic (exact) mass is 171 g/mol. The maximum atomic E-state index is 8.35. The van der Waals surface area contributed by atoms with Crippen molar-refractivity contribution in [3.63, 3.8) is 0 Å². The zero-order chi connectivity index (χ0) is 8.85. The highest BCUT2D eigenvalue weighted by atomic mass is 32.1. The van der Waals surface area contributed by atoms with Crippen LogP contribution in [0.25, 0.3) is 0 Å². The smallest absolute Gasteiger partial charge is 0.0897 e. The standard InChI is InChI=1S/C8H13NOS/c1-6(2)4-5-8(11)7(3)9-10/h4-5,10-11H,1-3H3/b8-5-,9-7-. The highest BCUT2D eigenvalue weighted by Crippen LogP contribution is 2.04. The Hall–Kier alpha value is -0.700. The molecule has 0 heterocycles. The van der Waals surface area contributed by atoms with E-state index in [1.54, 1.807) is 13.0 Å². The largest absolute Gasteiger partial charge is 0.411 e. The molecule has 0 saturated heterocycles. The fourth-order valence-electron chi connectivity index (χ4n) is 0.417. The normalized spacial score (nSPS) is 13.1. The van der Waals surface area contributed by atoms with Crippen molar-refractivity contribution >= 4 is 18.3 Å². The molecule has 0 bridgehead atoms. The molecule has 0 aromatic rings. The lowest BCUT2D eigenvalue weighted by Crippen LogP contribution is -1.89.